The molecule has 0 aliphatic heterocycles. The number of benzene rings is 1. The summed E-state index contributed by atoms with van der Waals surface area (Å²) in [5.74, 6) is 0.985. The molecule has 4 heteroatoms. The average Bonchev–Trinajstić information content (AvgIpc) is 2.85. The van der Waals surface area contributed by atoms with Gasteiger partial charge in [0.25, 0.3) is 0 Å². The first-order chi connectivity index (χ1) is 8.83. The predicted molar refractivity (Wildman–Crippen MR) is 73.5 cm³/mol. The van der Waals surface area contributed by atoms with Crippen LogP contribution in [0.15, 0.2) is 30.6 Å². The van der Waals surface area contributed by atoms with Crippen LogP contribution in [0.1, 0.15) is 31.7 Å². The highest BCUT2D eigenvalue weighted by Gasteiger charge is 2.03. The Labute approximate surface area is 108 Å². The molecule has 4 nitrogen and oxygen atoms in total. The zero-order valence-corrected chi connectivity index (χ0v) is 11.1. The first-order valence-corrected chi connectivity index (χ1v) is 6.53. The minimum atomic E-state index is 0.715. The molecular weight excluding hydrogens is 224 g/mol. The van der Waals surface area contributed by atoms with Crippen molar-refractivity contribution in [3.8, 4) is 0 Å². The Bertz CT molecular complexity index is 490. The summed E-state index contributed by atoms with van der Waals surface area (Å²) in [6.07, 6.45) is 3.75. The molecule has 96 valence electrons. The maximum atomic E-state index is 4.28. The Morgan fingerprint density at radius 2 is 2.17 bits per heavy atom. The van der Waals surface area contributed by atoms with Crippen molar-refractivity contribution in [2.24, 2.45) is 0 Å². The van der Waals surface area contributed by atoms with Crippen molar-refractivity contribution < 1.29 is 0 Å². The highest BCUT2D eigenvalue weighted by Crippen LogP contribution is 2.12. The van der Waals surface area contributed by atoms with E-state index in [0.717, 1.165) is 30.9 Å². The van der Waals surface area contributed by atoms with Gasteiger partial charge in [0.1, 0.15) is 12.2 Å². The summed E-state index contributed by atoms with van der Waals surface area (Å²) in [6.45, 7) is 5.94. The molecule has 1 N–H and O–H groups in total. The quantitative estimate of drug-likeness (QED) is 0.849. The van der Waals surface area contributed by atoms with Gasteiger partial charge in [-0.05, 0) is 30.5 Å². The second-order valence-electron chi connectivity index (χ2n) is 4.31. The van der Waals surface area contributed by atoms with Crippen molar-refractivity contribution in [3.05, 3.63) is 42.0 Å². The number of nitrogens with zero attached hydrogens (tertiary/aromatic N) is 3. The second kappa shape index (κ2) is 6.19. The van der Waals surface area contributed by atoms with Gasteiger partial charge in [0.05, 0.1) is 6.54 Å². The molecule has 1 heterocycles. The van der Waals surface area contributed by atoms with Gasteiger partial charge < -0.3 is 5.32 Å². The molecule has 0 fully saturated rings. The van der Waals surface area contributed by atoms with E-state index in [0.29, 0.717) is 6.54 Å². The van der Waals surface area contributed by atoms with E-state index in [1.54, 1.807) is 6.33 Å². The molecule has 2 aromatic rings. The number of hydrogen-bond donors (Lipinski definition) is 1. The molecule has 0 radical (unpaired) electrons. The molecule has 0 saturated carbocycles. The van der Waals surface area contributed by atoms with Crippen LogP contribution in [0.5, 0.6) is 0 Å². The summed E-state index contributed by atoms with van der Waals surface area (Å²) in [6, 6.07) is 8.49. The van der Waals surface area contributed by atoms with Gasteiger partial charge in [0.15, 0.2) is 0 Å². The summed E-state index contributed by atoms with van der Waals surface area (Å²) in [5, 5.41) is 7.61. The van der Waals surface area contributed by atoms with E-state index >= 15 is 0 Å². The molecule has 0 atom stereocenters. The van der Waals surface area contributed by atoms with Gasteiger partial charge in [-0.3, -0.25) is 0 Å². The van der Waals surface area contributed by atoms with Gasteiger partial charge in [-0.25, -0.2) is 9.67 Å². The van der Waals surface area contributed by atoms with Crippen molar-refractivity contribution in [2.75, 3.05) is 5.32 Å². The van der Waals surface area contributed by atoms with Gasteiger partial charge in [0, 0.05) is 12.2 Å². The molecule has 0 spiro atoms. The largest absolute Gasteiger partial charge is 0.378 e. The minimum absolute atomic E-state index is 0.715. The summed E-state index contributed by atoms with van der Waals surface area (Å²) < 4.78 is 1.96. The van der Waals surface area contributed by atoms with Gasteiger partial charge in [0.2, 0.25) is 0 Å². The molecule has 2 rings (SSSR count). The third kappa shape index (κ3) is 3.09. The van der Waals surface area contributed by atoms with Crippen LogP contribution < -0.4 is 5.32 Å². The molecule has 1 aromatic heterocycles. The first kappa shape index (κ1) is 12.6. The van der Waals surface area contributed by atoms with Gasteiger partial charge in [-0.2, -0.15) is 5.10 Å². The molecule has 0 aliphatic carbocycles. The highest BCUT2D eigenvalue weighted by atomic mass is 15.3. The van der Waals surface area contributed by atoms with Gasteiger partial charge >= 0.3 is 0 Å². The van der Waals surface area contributed by atoms with Crippen LogP contribution in [0, 0.1) is 0 Å². The number of anilines is 1. The van der Waals surface area contributed by atoms with E-state index < -0.39 is 0 Å². The van der Waals surface area contributed by atoms with Crippen LogP contribution in [0.2, 0.25) is 0 Å². The molecule has 1 aromatic carbocycles. The lowest BCUT2D eigenvalue weighted by atomic mass is 10.1. The van der Waals surface area contributed by atoms with Crippen molar-refractivity contribution in [3.63, 3.8) is 0 Å². The monoisotopic (exact) mass is 244 g/mol. The number of hydrogen-bond acceptors (Lipinski definition) is 3. The smallest absolute Gasteiger partial charge is 0.146 e. The molecule has 0 saturated heterocycles. The molecule has 18 heavy (non-hydrogen) atoms. The predicted octanol–water partition coefficient (Wildman–Crippen LogP) is 2.86. The third-order valence-electron chi connectivity index (χ3n) is 2.92. The number of rotatable bonds is 6. The van der Waals surface area contributed by atoms with Crippen LogP contribution in [0.3, 0.4) is 0 Å². The van der Waals surface area contributed by atoms with E-state index in [1.807, 2.05) is 4.68 Å². The maximum absolute atomic E-state index is 4.28. The summed E-state index contributed by atoms with van der Waals surface area (Å²) in [7, 11) is 0. The Morgan fingerprint density at radius 1 is 1.28 bits per heavy atom. The Morgan fingerprint density at radius 3 is 2.94 bits per heavy atom. The minimum Gasteiger partial charge on any atom is -0.378 e. The average molecular weight is 244 g/mol. The normalized spacial score (nSPS) is 10.6. The molecular formula is C14H20N4. The van der Waals surface area contributed by atoms with Crippen molar-refractivity contribution in [1.82, 2.24) is 14.8 Å². The SMILES string of the molecule is CCCn1ncnc1CNc1cccc(CC)c1. The lowest BCUT2D eigenvalue weighted by Crippen LogP contribution is -2.10. The van der Waals surface area contributed by atoms with E-state index in [9.17, 15) is 0 Å². The molecule has 0 amide bonds. The fourth-order valence-corrected chi connectivity index (χ4v) is 1.91. The second-order valence-corrected chi connectivity index (χ2v) is 4.31. The van der Waals surface area contributed by atoms with Gasteiger partial charge in [-0.1, -0.05) is 26.0 Å². The van der Waals surface area contributed by atoms with Gasteiger partial charge in [-0.15, -0.1) is 0 Å². The Balaban J connectivity index is 1.99. The lowest BCUT2D eigenvalue weighted by molar-refractivity contribution is 0.574. The molecule has 0 unspecified atom stereocenters. The van der Waals surface area contributed by atoms with Crippen LogP contribution in [-0.4, -0.2) is 14.8 Å². The lowest BCUT2D eigenvalue weighted by Gasteiger charge is -2.08. The standard InChI is InChI=1S/C14H20N4/c1-3-8-18-14(16-11-17-18)10-15-13-7-5-6-12(4-2)9-13/h5-7,9,11,15H,3-4,8,10H2,1-2H3. The van der Waals surface area contributed by atoms with Crippen molar-refractivity contribution in [1.29, 1.82) is 0 Å². The topological polar surface area (TPSA) is 42.7 Å². The van der Waals surface area contributed by atoms with Crippen molar-refractivity contribution >= 4 is 5.69 Å². The highest BCUT2D eigenvalue weighted by molar-refractivity contribution is 5.45. The Hall–Kier alpha value is -1.84. The van der Waals surface area contributed by atoms with E-state index in [2.05, 4.69) is 53.5 Å². The van der Waals surface area contributed by atoms with Crippen LogP contribution in [-0.2, 0) is 19.5 Å². The van der Waals surface area contributed by atoms with E-state index in [-0.39, 0.29) is 0 Å². The van der Waals surface area contributed by atoms with Crippen molar-refractivity contribution in [2.45, 2.75) is 39.8 Å². The zero-order valence-electron chi connectivity index (χ0n) is 11.1. The Kier molecular flexibility index (Phi) is 4.34. The maximum Gasteiger partial charge on any atom is 0.146 e. The van der Waals surface area contributed by atoms with E-state index in [1.165, 1.54) is 5.56 Å². The first-order valence-electron chi connectivity index (χ1n) is 6.53. The third-order valence-corrected chi connectivity index (χ3v) is 2.92. The number of aromatic nitrogens is 3. The zero-order chi connectivity index (χ0) is 12.8. The molecule has 0 bridgehead atoms. The molecule has 0 aliphatic rings. The summed E-state index contributed by atoms with van der Waals surface area (Å²) >= 11 is 0. The van der Waals surface area contributed by atoms with Crippen LogP contribution in [0.25, 0.3) is 0 Å². The van der Waals surface area contributed by atoms with Crippen LogP contribution >= 0.6 is 0 Å². The van der Waals surface area contributed by atoms with E-state index in [4.69, 9.17) is 0 Å². The number of nitrogens with one attached hydrogen (secondary N) is 1. The fourth-order valence-electron chi connectivity index (χ4n) is 1.91. The summed E-state index contributed by atoms with van der Waals surface area (Å²) in [5.41, 5.74) is 2.48. The summed E-state index contributed by atoms with van der Waals surface area (Å²) in [4.78, 5) is 4.28. The van der Waals surface area contributed by atoms with Crippen LogP contribution in [0.4, 0.5) is 5.69 Å². The number of aryl methyl sites for hydroxylation is 2. The fraction of sp³-hybridized carbons (Fsp3) is 0.429.